The summed E-state index contributed by atoms with van der Waals surface area (Å²) in [5.74, 6) is -0.551. The zero-order chi connectivity index (χ0) is 27.1. The minimum Gasteiger partial charge on any atom is -0.467 e. The van der Waals surface area contributed by atoms with E-state index >= 15 is 0 Å². The Labute approximate surface area is 225 Å². The van der Waals surface area contributed by atoms with Crippen molar-refractivity contribution in [1.29, 1.82) is 0 Å². The molecule has 38 heavy (non-hydrogen) atoms. The van der Waals surface area contributed by atoms with Crippen molar-refractivity contribution in [2.75, 3.05) is 43.9 Å². The van der Waals surface area contributed by atoms with Crippen LogP contribution in [0.3, 0.4) is 0 Å². The number of nitrogen functional groups attached to an aromatic ring is 1. The van der Waals surface area contributed by atoms with Gasteiger partial charge in [-0.1, -0.05) is 74.5 Å². The number of benzene rings is 3. The molecule has 200 valence electrons. The molecule has 3 N–H and O–H groups in total. The third-order valence-electron chi connectivity index (χ3n) is 7.04. The van der Waals surface area contributed by atoms with Crippen LogP contribution >= 0.6 is 0 Å². The van der Waals surface area contributed by atoms with Crippen LogP contribution in [0.2, 0.25) is 0 Å². The Balaban J connectivity index is 1.44. The number of ether oxygens (including phenoxy) is 1. The lowest BCUT2D eigenvalue weighted by atomic mass is 9.96. The van der Waals surface area contributed by atoms with Crippen LogP contribution in [0.4, 0.5) is 11.4 Å². The van der Waals surface area contributed by atoms with Gasteiger partial charge in [-0.3, -0.25) is 9.69 Å². The van der Waals surface area contributed by atoms with Gasteiger partial charge in [0, 0.05) is 31.7 Å². The van der Waals surface area contributed by atoms with Crippen LogP contribution in [0.5, 0.6) is 0 Å². The number of methoxy groups -OCH3 is 1. The average molecular weight is 515 g/mol. The smallest absolute Gasteiger partial charge is 0.328 e. The first-order valence-corrected chi connectivity index (χ1v) is 13.2. The molecule has 7 nitrogen and oxygen atoms in total. The standard InChI is InChI=1S/C31H38N4O3/c1-22(2)20-27(31(37)38-3)33-30(36)25-14-15-28(26(32)21-25)34-16-18-35(19-17-34)29(23-10-6-4-7-11-23)24-12-8-5-9-13-24/h4-15,21-22,27,29H,16-20,32H2,1-3H3,(H,33,36). The van der Waals surface area contributed by atoms with Crippen LogP contribution in [0.25, 0.3) is 0 Å². The van der Waals surface area contributed by atoms with Gasteiger partial charge in [-0.15, -0.1) is 0 Å². The number of nitrogens with two attached hydrogens (primary N) is 1. The second-order valence-electron chi connectivity index (χ2n) is 10.2. The summed E-state index contributed by atoms with van der Waals surface area (Å²) in [6.07, 6.45) is 0.503. The summed E-state index contributed by atoms with van der Waals surface area (Å²) in [7, 11) is 1.33. The Morgan fingerprint density at radius 3 is 1.97 bits per heavy atom. The second kappa shape index (κ2) is 12.6. The fourth-order valence-corrected chi connectivity index (χ4v) is 5.16. The van der Waals surface area contributed by atoms with Crippen LogP contribution in [0, 0.1) is 5.92 Å². The number of rotatable bonds is 9. The minimum atomic E-state index is -0.691. The lowest BCUT2D eigenvalue weighted by molar-refractivity contribution is -0.143. The van der Waals surface area contributed by atoms with E-state index in [1.165, 1.54) is 18.2 Å². The summed E-state index contributed by atoms with van der Waals surface area (Å²) < 4.78 is 4.87. The zero-order valence-electron chi connectivity index (χ0n) is 22.5. The number of hydrogen-bond acceptors (Lipinski definition) is 6. The van der Waals surface area contributed by atoms with Crippen molar-refractivity contribution in [2.24, 2.45) is 5.92 Å². The van der Waals surface area contributed by atoms with E-state index in [0.29, 0.717) is 17.7 Å². The summed E-state index contributed by atoms with van der Waals surface area (Å²) in [4.78, 5) is 29.8. The van der Waals surface area contributed by atoms with Crippen LogP contribution in [0.1, 0.15) is 47.8 Å². The molecule has 4 rings (SSSR count). The van der Waals surface area contributed by atoms with Gasteiger partial charge >= 0.3 is 5.97 Å². The van der Waals surface area contributed by atoms with E-state index in [4.69, 9.17) is 10.5 Å². The number of anilines is 2. The van der Waals surface area contributed by atoms with Crippen molar-refractivity contribution in [3.05, 3.63) is 95.6 Å². The molecule has 1 atom stereocenters. The fourth-order valence-electron chi connectivity index (χ4n) is 5.16. The number of amides is 1. The molecular weight excluding hydrogens is 476 g/mol. The molecule has 3 aromatic rings. The fraction of sp³-hybridized carbons (Fsp3) is 0.355. The van der Waals surface area contributed by atoms with Gasteiger partial charge in [-0.2, -0.15) is 0 Å². The van der Waals surface area contributed by atoms with Crippen molar-refractivity contribution >= 4 is 23.3 Å². The molecule has 1 amide bonds. The molecular formula is C31H38N4O3. The van der Waals surface area contributed by atoms with Crippen molar-refractivity contribution in [1.82, 2.24) is 10.2 Å². The molecule has 1 fully saturated rings. The predicted octanol–water partition coefficient (Wildman–Crippen LogP) is 4.50. The largest absolute Gasteiger partial charge is 0.467 e. The van der Waals surface area contributed by atoms with E-state index in [1.54, 1.807) is 12.1 Å². The SMILES string of the molecule is COC(=O)C(CC(C)C)NC(=O)c1ccc(N2CCN(C(c3ccccc3)c3ccccc3)CC2)c(N)c1. The van der Waals surface area contributed by atoms with Gasteiger partial charge in [0.15, 0.2) is 0 Å². The Morgan fingerprint density at radius 1 is 0.895 bits per heavy atom. The van der Waals surface area contributed by atoms with Crippen molar-refractivity contribution in [2.45, 2.75) is 32.4 Å². The maximum Gasteiger partial charge on any atom is 0.328 e. The number of nitrogens with zero attached hydrogens (tertiary/aromatic N) is 2. The predicted molar refractivity (Wildman–Crippen MR) is 152 cm³/mol. The molecule has 1 unspecified atom stereocenters. The molecule has 1 saturated heterocycles. The van der Waals surface area contributed by atoms with E-state index in [-0.39, 0.29) is 17.9 Å². The first-order chi connectivity index (χ1) is 18.4. The summed E-state index contributed by atoms with van der Waals surface area (Å²) >= 11 is 0. The molecule has 0 bridgehead atoms. The molecule has 0 radical (unpaired) electrons. The number of carbonyl (C=O) groups is 2. The first kappa shape index (κ1) is 27.2. The lowest BCUT2D eigenvalue weighted by Gasteiger charge is -2.41. The van der Waals surface area contributed by atoms with E-state index in [1.807, 2.05) is 19.9 Å². The van der Waals surface area contributed by atoms with E-state index in [9.17, 15) is 9.59 Å². The molecule has 1 aliphatic rings. The summed E-state index contributed by atoms with van der Waals surface area (Å²) in [6.45, 7) is 7.40. The number of nitrogens with one attached hydrogen (secondary N) is 1. The van der Waals surface area contributed by atoms with E-state index in [2.05, 4.69) is 75.8 Å². The number of hydrogen-bond donors (Lipinski definition) is 2. The highest BCUT2D eigenvalue weighted by Crippen LogP contribution is 2.32. The van der Waals surface area contributed by atoms with Crippen LogP contribution in [-0.2, 0) is 9.53 Å². The molecule has 0 spiro atoms. The maximum atomic E-state index is 12.9. The van der Waals surface area contributed by atoms with Gasteiger partial charge in [0.25, 0.3) is 5.91 Å². The van der Waals surface area contributed by atoms with Crippen LogP contribution < -0.4 is 16.0 Å². The Morgan fingerprint density at radius 2 is 1.47 bits per heavy atom. The van der Waals surface area contributed by atoms with Gasteiger partial charge in [-0.05, 0) is 41.7 Å². The van der Waals surface area contributed by atoms with Crippen LogP contribution in [-0.4, -0.2) is 56.1 Å². The topological polar surface area (TPSA) is 87.9 Å². The molecule has 0 aliphatic carbocycles. The molecule has 1 aliphatic heterocycles. The van der Waals surface area contributed by atoms with E-state index in [0.717, 1.165) is 31.9 Å². The van der Waals surface area contributed by atoms with Crippen LogP contribution in [0.15, 0.2) is 78.9 Å². The highest BCUT2D eigenvalue weighted by atomic mass is 16.5. The molecule has 1 heterocycles. The van der Waals surface area contributed by atoms with Gasteiger partial charge < -0.3 is 20.7 Å². The highest BCUT2D eigenvalue weighted by Gasteiger charge is 2.28. The number of piperazine rings is 1. The summed E-state index contributed by atoms with van der Waals surface area (Å²) in [5, 5.41) is 2.80. The number of esters is 1. The lowest BCUT2D eigenvalue weighted by Crippen LogP contribution is -2.48. The van der Waals surface area contributed by atoms with Crippen molar-refractivity contribution < 1.29 is 14.3 Å². The second-order valence-corrected chi connectivity index (χ2v) is 10.2. The van der Waals surface area contributed by atoms with Gasteiger partial charge in [0.2, 0.25) is 0 Å². The maximum absolute atomic E-state index is 12.9. The minimum absolute atomic E-state index is 0.191. The molecule has 3 aromatic carbocycles. The average Bonchev–Trinajstić information content (AvgIpc) is 2.93. The van der Waals surface area contributed by atoms with Crippen molar-refractivity contribution in [3.63, 3.8) is 0 Å². The molecule has 0 aromatic heterocycles. The highest BCUT2D eigenvalue weighted by molar-refractivity contribution is 5.98. The first-order valence-electron chi connectivity index (χ1n) is 13.2. The van der Waals surface area contributed by atoms with Gasteiger partial charge in [-0.25, -0.2) is 4.79 Å². The molecule has 0 saturated carbocycles. The quantitative estimate of drug-likeness (QED) is 0.323. The monoisotopic (exact) mass is 514 g/mol. The summed E-state index contributed by atoms with van der Waals surface area (Å²) in [5.41, 5.74) is 10.9. The van der Waals surface area contributed by atoms with Gasteiger partial charge in [0.1, 0.15) is 6.04 Å². The zero-order valence-corrected chi connectivity index (χ0v) is 22.5. The third kappa shape index (κ3) is 6.53. The summed E-state index contributed by atoms with van der Waals surface area (Å²) in [6, 6.07) is 26.1. The Bertz CT molecular complexity index is 1170. The Kier molecular flexibility index (Phi) is 9.02. The van der Waals surface area contributed by atoms with E-state index < -0.39 is 12.0 Å². The number of carbonyl (C=O) groups excluding carboxylic acids is 2. The Hall–Kier alpha value is -3.84. The molecule has 7 heteroatoms. The third-order valence-corrected chi connectivity index (χ3v) is 7.04. The van der Waals surface area contributed by atoms with Gasteiger partial charge in [0.05, 0.1) is 24.5 Å². The van der Waals surface area contributed by atoms with Crippen molar-refractivity contribution in [3.8, 4) is 0 Å². The normalized spacial score (nSPS) is 14.9.